The Bertz CT molecular complexity index is 449. The summed E-state index contributed by atoms with van der Waals surface area (Å²) in [5.74, 6) is 1.21. The van der Waals surface area contributed by atoms with E-state index in [0.717, 1.165) is 6.54 Å². The lowest BCUT2D eigenvalue weighted by Crippen LogP contribution is -2.48. The van der Waals surface area contributed by atoms with E-state index in [4.69, 9.17) is 5.73 Å². The summed E-state index contributed by atoms with van der Waals surface area (Å²) >= 11 is 2.08. The van der Waals surface area contributed by atoms with Crippen molar-refractivity contribution in [1.29, 1.82) is 0 Å². The highest BCUT2D eigenvalue weighted by atomic mass is 32.2. The van der Waals surface area contributed by atoms with E-state index in [-0.39, 0.29) is 5.41 Å². The van der Waals surface area contributed by atoms with Gasteiger partial charge in [0.1, 0.15) is 0 Å². The normalized spacial score (nSPS) is 25.8. The topological polar surface area (TPSA) is 29.3 Å². The van der Waals surface area contributed by atoms with Crippen molar-refractivity contribution < 1.29 is 0 Å². The smallest absolute Gasteiger partial charge is 0.0474 e. The molecule has 1 aliphatic rings. The van der Waals surface area contributed by atoms with Crippen LogP contribution in [-0.2, 0) is 5.41 Å². The van der Waals surface area contributed by atoms with Crippen LogP contribution >= 0.6 is 11.8 Å². The van der Waals surface area contributed by atoms with Gasteiger partial charge in [-0.1, -0.05) is 52.0 Å². The first-order valence-electron chi connectivity index (χ1n) is 8.02. The zero-order chi connectivity index (χ0) is 15.6. The number of nitrogens with two attached hydrogens (primary N) is 1. The van der Waals surface area contributed by atoms with Crippen LogP contribution in [0, 0.1) is 0 Å². The summed E-state index contributed by atoms with van der Waals surface area (Å²) in [5, 5.41) is 0.682. The summed E-state index contributed by atoms with van der Waals surface area (Å²) < 4.78 is 0. The van der Waals surface area contributed by atoms with Crippen LogP contribution in [-0.4, -0.2) is 35.0 Å². The Hall–Kier alpha value is -0.510. The van der Waals surface area contributed by atoms with E-state index in [1.165, 1.54) is 16.9 Å². The minimum atomic E-state index is 0.209. The van der Waals surface area contributed by atoms with Crippen molar-refractivity contribution in [3.8, 4) is 0 Å². The van der Waals surface area contributed by atoms with Gasteiger partial charge in [-0.15, -0.1) is 0 Å². The molecule has 0 radical (unpaired) electrons. The first kappa shape index (κ1) is 16.9. The minimum absolute atomic E-state index is 0.209. The molecule has 0 aromatic heterocycles. The Morgan fingerprint density at radius 2 is 1.86 bits per heavy atom. The third kappa shape index (κ3) is 3.82. The largest absolute Gasteiger partial charge is 0.329 e. The molecule has 2 rings (SSSR count). The van der Waals surface area contributed by atoms with Gasteiger partial charge in [-0.25, -0.2) is 0 Å². The fourth-order valence-corrected chi connectivity index (χ4v) is 4.19. The monoisotopic (exact) mass is 306 g/mol. The van der Waals surface area contributed by atoms with E-state index in [1.54, 1.807) is 0 Å². The Balaban J connectivity index is 2.21. The molecule has 0 saturated carbocycles. The Kier molecular flexibility index (Phi) is 5.39. The van der Waals surface area contributed by atoms with E-state index in [0.29, 0.717) is 23.9 Å². The number of benzene rings is 1. The highest BCUT2D eigenvalue weighted by molar-refractivity contribution is 8.00. The van der Waals surface area contributed by atoms with Gasteiger partial charge in [0.15, 0.2) is 0 Å². The molecule has 1 aromatic rings. The van der Waals surface area contributed by atoms with E-state index in [2.05, 4.69) is 75.5 Å². The molecule has 0 amide bonds. The second-order valence-electron chi connectivity index (χ2n) is 7.18. The third-order valence-electron chi connectivity index (χ3n) is 4.72. The van der Waals surface area contributed by atoms with Gasteiger partial charge in [-0.2, -0.15) is 11.8 Å². The molecule has 1 heterocycles. The molecule has 0 spiro atoms. The zero-order valence-electron chi connectivity index (χ0n) is 14.1. The van der Waals surface area contributed by atoms with Crippen LogP contribution in [0.15, 0.2) is 24.3 Å². The molecule has 2 N–H and O–H groups in total. The molecule has 3 heteroatoms. The van der Waals surface area contributed by atoms with Crippen molar-refractivity contribution in [3.05, 3.63) is 35.4 Å². The Morgan fingerprint density at radius 1 is 1.24 bits per heavy atom. The lowest BCUT2D eigenvalue weighted by molar-refractivity contribution is 0.150. The zero-order valence-corrected chi connectivity index (χ0v) is 14.9. The number of thioether (sulfide) groups is 1. The molecule has 1 saturated heterocycles. The average Bonchev–Trinajstić information content (AvgIpc) is 2.44. The SMILES string of the molecule is CC1SCCN(C(CN)c2ccc(C(C)(C)C)cc2)C1C. The Morgan fingerprint density at radius 3 is 2.38 bits per heavy atom. The summed E-state index contributed by atoms with van der Waals surface area (Å²) in [5.41, 5.74) is 9.07. The second-order valence-corrected chi connectivity index (χ2v) is 8.66. The summed E-state index contributed by atoms with van der Waals surface area (Å²) in [4.78, 5) is 2.59. The fourth-order valence-electron chi connectivity index (χ4n) is 3.06. The summed E-state index contributed by atoms with van der Waals surface area (Å²) in [7, 11) is 0. The van der Waals surface area contributed by atoms with E-state index in [9.17, 15) is 0 Å². The second kappa shape index (κ2) is 6.72. The maximum atomic E-state index is 6.12. The Labute approximate surface area is 134 Å². The summed E-state index contributed by atoms with van der Waals surface area (Å²) in [6, 6.07) is 10.0. The van der Waals surface area contributed by atoms with Gasteiger partial charge in [0.25, 0.3) is 0 Å². The molecule has 3 unspecified atom stereocenters. The van der Waals surface area contributed by atoms with Crippen LogP contribution in [0.5, 0.6) is 0 Å². The number of hydrogen-bond acceptors (Lipinski definition) is 3. The molecular formula is C18H30N2S. The lowest BCUT2D eigenvalue weighted by Gasteiger charge is -2.42. The number of hydrogen-bond donors (Lipinski definition) is 1. The standard InChI is InChI=1S/C18H30N2S/c1-13-14(2)21-11-10-20(13)17(12-19)15-6-8-16(9-7-15)18(3,4)5/h6-9,13-14,17H,10-12,19H2,1-5H3. The molecule has 1 aliphatic heterocycles. The van der Waals surface area contributed by atoms with Gasteiger partial charge >= 0.3 is 0 Å². The molecule has 1 aromatic carbocycles. The van der Waals surface area contributed by atoms with Crippen molar-refractivity contribution in [1.82, 2.24) is 4.90 Å². The van der Waals surface area contributed by atoms with Crippen molar-refractivity contribution in [2.24, 2.45) is 5.73 Å². The molecular weight excluding hydrogens is 276 g/mol. The van der Waals surface area contributed by atoms with Crippen LogP contribution in [0.25, 0.3) is 0 Å². The highest BCUT2D eigenvalue weighted by Gasteiger charge is 2.30. The molecule has 0 bridgehead atoms. The average molecular weight is 307 g/mol. The quantitative estimate of drug-likeness (QED) is 0.921. The predicted molar refractivity (Wildman–Crippen MR) is 95.0 cm³/mol. The lowest BCUT2D eigenvalue weighted by atomic mass is 9.86. The van der Waals surface area contributed by atoms with Gasteiger partial charge in [-0.05, 0) is 23.5 Å². The number of rotatable bonds is 3. The maximum absolute atomic E-state index is 6.12. The van der Waals surface area contributed by atoms with Crippen molar-refractivity contribution in [3.63, 3.8) is 0 Å². The third-order valence-corrected chi connectivity index (χ3v) is 6.06. The van der Waals surface area contributed by atoms with Gasteiger partial charge in [-0.3, -0.25) is 4.90 Å². The van der Waals surface area contributed by atoms with Crippen molar-refractivity contribution >= 4 is 11.8 Å². The van der Waals surface area contributed by atoms with Crippen LogP contribution in [0.2, 0.25) is 0 Å². The molecule has 0 aliphatic carbocycles. The highest BCUT2D eigenvalue weighted by Crippen LogP contribution is 2.32. The molecule has 118 valence electrons. The molecule has 1 fully saturated rings. The fraction of sp³-hybridized carbons (Fsp3) is 0.667. The van der Waals surface area contributed by atoms with Crippen LogP contribution in [0.4, 0.5) is 0 Å². The van der Waals surface area contributed by atoms with E-state index < -0.39 is 0 Å². The van der Waals surface area contributed by atoms with Gasteiger partial charge in [0.2, 0.25) is 0 Å². The van der Waals surface area contributed by atoms with Gasteiger partial charge < -0.3 is 5.73 Å². The van der Waals surface area contributed by atoms with Gasteiger partial charge in [0, 0.05) is 36.2 Å². The van der Waals surface area contributed by atoms with E-state index in [1.807, 2.05) is 0 Å². The minimum Gasteiger partial charge on any atom is -0.329 e. The first-order valence-corrected chi connectivity index (χ1v) is 9.07. The van der Waals surface area contributed by atoms with Crippen molar-refractivity contribution in [2.75, 3.05) is 18.8 Å². The predicted octanol–water partition coefficient (Wildman–Crippen LogP) is 3.81. The molecule has 3 atom stereocenters. The first-order chi connectivity index (χ1) is 9.84. The van der Waals surface area contributed by atoms with Crippen LogP contribution < -0.4 is 5.73 Å². The van der Waals surface area contributed by atoms with Crippen LogP contribution in [0.3, 0.4) is 0 Å². The van der Waals surface area contributed by atoms with Crippen LogP contribution in [0.1, 0.15) is 51.8 Å². The van der Waals surface area contributed by atoms with Gasteiger partial charge in [0.05, 0.1) is 0 Å². The summed E-state index contributed by atoms with van der Waals surface area (Å²) in [6.07, 6.45) is 0. The van der Waals surface area contributed by atoms with Crippen molar-refractivity contribution in [2.45, 2.75) is 57.4 Å². The van der Waals surface area contributed by atoms with E-state index >= 15 is 0 Å². The number of nitrogens with zero attached hydrogens (tertiary/aromatic N) is 1. The molecule has 2 nitrogen and oxygen atoms in total. The molecule has 21 heavy (non-hydrogen) atoms. The maximum Gasteiger partial charge on any atom is 0.0474 e. The summed E-state index contributed by atoms with van der Waals surface area (Å²) in [6.45, 7) is 13.3.